The van der Waals surface area contributed by atoms with Gasteiger partial charge < -0.3 is 19.7 Å². The number of likely N-dealkylation sites (tertiary alicyclic amines) is 1. The fourth-order valence-corrected chi connectivity index (χ4v) is 5.61. The Kier molecular flexibility index (Phi) is 7.90. The molecule has 3 fully saturated rings. The van der Waals surface area contributed by atoms with Crippen molar-refractivity contribution in [1.29, 1.82) is 0 Å². The molecule has 3 heterocycles. The fraction of sp³-hybridized carbons (Fsp3) is 0.444. The van der Waals surface area contributed by atoms with E-state index in [2.05, 4.69) is 5.32 Å². The van der Waals surface area contributed by atoms with E-state index in [-0.39, 0.29) is 35.1 Å². The van der Waals surface area contributed by atoms with Crippen molar-refractivity contribution in [2.24, 2.45) is 0 Å². The van der Waals surface area contributed by atoms with Crippen LogP contribution in [0, 0.1) is 5.82 Å². The minimum Gasteiger partial charge on any atom is -0.376 e. The summed E-state index contributed by atoms with van der Waals surface area (Å²) >= 11 is 12.1. The van der Waals surface area contributed by atoms with E-state index in [4.69, 9.17) is 32.7 Å². The molecule has 202 valence electrons. The van der Waals surface area contributed by atoms with Crippen LogP contribution in [0.4, 0.5) is 4.39 Å². The van der Waals surface area contributed by atoms with Crippen LogP contribution in [0.3, 0.4) is 0 Å². The average Bonchev–Trinajstić information content (AvgIpc) is 3.57. The smallest absolute Gasteiger partial charge is 0.256 e. The SMILES string of the molecule is O=C(NC[C@H]1CCCO1)[C@@H]1COC2(CCN(C(=O)c3ccc(Cl)c(Cl)c3)CC2)N1C(=O)c1ccc(F)cc1. The molecule has 1 N–H and O–H groups in total. The van der Waals surface area contributed by atoms with Crippen LogP contribution in [-0.4, -0.2) is 78.2 Å². The van der Waals surface area contributed by atoms with Gasteiger partial charge in [0, 0.05) is 50.2 Å². The van der Waals surface area contributed by atoms with Crippen LogP contribution in [0.1, 0.15) is 46.4 Å². The van der Waals surface area contributed by atoms with Crippen molar-refractivity contribution in [1.82, 2.24) is 15.1 Å². The first kappa shape index (κ1) is 26.9. The van der Waals surface area contributed by atoms with E-state index in [0.717, 1.165) is 12.8 Å². The van der Waals surface area contributed by atoms with Gasteiger partial charge in [0.15, 0.2) is 0 Å². The van der Waals surface area contributed by atoms with Gasteiger partial charge in [0.05, 0.1) is 22.8 Å². The van der Waals surface area contributed by atoms with Crippen molar-refractivity contribution in [3.8, 4) is 0 Å². The standard InChI is InChI=1S/C27H28Cl2FN3O5/c28-21-8-5-18(14-22(21)29)25(35)32-11-9-27(10-12-32)33(26(36)17-3-6-19(30)7-4-17)23(16-38-27)24(34)31-15-20-2-1-13-37-20/h3-8,14,20,23H,1-2,9-13,15-16H2,(H,31,34)/t20-,23+/m1/s1. The van der Waals surface area contributed by atoms with Gasteiger partial charge in [-0.3, -0.25) is 19.3 Å². The lowest BCUT2D eigenvalue weighted by Gasteiger charge is -2.44. The number of halogens is 3. The summed E-state index contributed by atoms with van der Waals surface area (Å²) in [4.78, 5) is 43.2. The minimum absolute atomic E-state index is 0.0189. The second kappa shape index (κ2) is 11.2. The van der Waals surface area contributed by atoms with E-state index in [9.17, 15) is 18.8 Å². The highest BCUT2D eigenvalue weighted by Gasteiger charge is 2.54. The van der Waals surface area contributed by atoms with Gasteiger partial charge in [0.1, 0.15) is 17.6 Å². The lowest BCUT2D eigenvalue weighted by molar-refractivity contribution is -0.128. The normalized spacial score (nSPS) is 22.6. The summed E-state index contributed by atoms with van der Waals surface area (Å²) in [5.74, 6) is -1.43. The summed E-state index contributed by atoms with van der Waals surface area (Å²) in [6, 6.07) is 9.07. The number of rotatable bonds is 5. The first-order valence-corrected chi connectivity index (χ1v) is 13.4. The van der Waals surface area contributed by atoms with Crippen LogP contribution < -0.4 is 5.32 Å². The third-order valence-electron chi connectivity index (χ3n) is 7.40. The quantitative estimate of drug-likeness (QED) is 0.596. The number of hydrogen-bond donors (Lipinski definition) is 1. The number of ether oxygens (including phenoxy) is 2. The first-order valence-electron chi connectivity index (χ1n) is 12.6. The third-order valence-corrected chi connectivity index (χ3v) is 8.14. The van der Waals surface area contributed by atoms with Gasteiger partial charge in [-0.05, 0) is 55.3 Å². The number of carbonyl (C=O) groups is 3. The van der Waals surface area contributed by atoms with Gasteiger partial charge in [-0.2, -0.15) is 0 Å². The highest BCUT2D eigenvalue weighted by Crippen LogP contribution is 2.39. The number of nitrogens with one attached hydrogen (secondary N) is 1. The average molecular weight is 564 g/mol. The van der Waals surface area contributed by atoms with E-state index < -0.39 is 23.5 Å². The van der Waals surface area contributed by atoms with Crippen molar-refractivity contribution in [2.75, 3.05) is 32.8 Å². The number of piperidine rings is 1. The second-order valence-corrected chi connectivity index (χ2v) is 10.6. The van der Waals surface area contributed by atoms with Crippen LogP contribution in [0.5, 0.6) is 0 Å². The third kappa shape index (κ3) is 5.38. The maximum absolute atomic E-state index is 13.7. The minimum atomic E-state index is -1.08. The molecule has 3 saturated heterocycles. The van der Waals surface area contributed by atoms with Crippen LogP contribution in [0.2, 0.25) is 10.0 Å². The number of amides is 3. The zero-order valence-electron chi connectivity index (χ0n) is 20.6. The fourth-order valence-electron chi connectivity index (χ4n) is 5.31. The largest absolute Gasteiger partial charge is 0.376 e. The maximum atomic E-state index is 13.7. The van der Waals surface area contributed by atoms with Gasteiger partial charge in [0.25, 0.3) is 11.8 Å². The molecule has 1 spiro atoms. The highest BCUT2D eigenvalue weighted by atomic mass is 35.5. The van der Waals surface area contributed by atoms with Crippen molar-refractivity contribution < 1.29 is 28.2 Å². The molecule has 0 unspecified atom stereocenters. The molecule has 3 aliphatic rings. The Balaban J connectivity index is 1.34. The van der Waals surface area contributed by atoms with Gasteiger partial charge in [-0.15, -0.1) is 0 Å². The van der Waals surface area contributed by atoms with Gasteiger partial charge in [-0.25, -0.2) is 4.39 Å². The number of benzene rings is 2. The predicted molar refractivity (Wildman–Crippen MR) is 139 cm³/mol. The molecule has 11 heteroatoms. The molecular weight excluding hydrogens is 536 g/mol. The lowest BCUT2D eigenvalue weighted by atomic mass is 9.96. The van der Waals surface area contributed by atoms with Gasteiger partial charge >= 0.3 is 0 Å². The molecule has 2 atom stereocenters. The zero-order valence-corrected chi connectivity index (χ0v) is 22.1. The molecule has 0 saturated carbocycles. The lowest BCUT2D eigenvalue weighted by Crippen LogP contribution is -2.60. The van der Waals surface area contributed by atoms with Crippen molar-refractivity contribution >= 4 is 40.9 Å². The number of carbonyl (C=O) groups excluding carboxylic acids is 3. The van der Waals surface area contributed by atoms with Crippen molar-refractivity contribution in [3.63, 3.8) is 0 Å². The van der Waals surface area contributed by atoms with Gasteiger partial charge in [-0.1, -0.05) is 23.2 Å². The van der Waals surface area contributed by atoms with Crippen LogP contribution in [-0.2, 0) is 14.3 Å². The van der Waals surface area contributed by atoms with E-state index in [1.807, 2.05) is 0 Å². The summed E-state index contributed by atoms with van der Waals surface area (Å²) in [6.07, 6.45) is 2.38. The Morgan fingerprint density at radius 3 is 2.37 bits per heavy atom. The molecule has 3 aliphatic heterocycles. The molecule has 0 aromatic heterocycles. The van der Waals surface area contributed by atoms with Crippen LogP contribution in [0.25, 0.3) is 0 Å². The van der Waals surface area contributed by atoms with Crippen LogP contribution in [0.15, 0.2) is 42.5 Å². The first-order chi connectivity index (χ1) is 18.3. The summed E-state index contributed by atoms with van der Waals surface area (Å²) in [7, 11) is 0. The van der Waals surface area contributed by atoms with E-state index >= 15 is 0 Å². The van der Waals surface area contributed by atoms with E-state index in [1.165, 1.54) is 35.2 Å². The monoisotopic (exact) mass is 563 g/mol. The Labute approximate surface area is 229 Å². The zero-order chi connectivity index (χ0) is 26.9. The maximum Gasteiger partial charge on any atom is 0.256 e. The molecule has 0 radical (unpaired) electrons. The predicted octanol–water partition coefficient (Wildman–Crippen LogP) is 3.90. The molecule has 0 aliphatic carbocycles. The summed E-state index contributed by atoms with van der Waals surface area (Å²) < 4.78 is 25.4. The summed E-state index contributed by atoms with van der Waals surface area (Å²) in [5, 5.41) is 3.56. The van der Waals surface area contributed by atoms with Crippen molar-refractivity contribution in [3.05, 3.63) is 69.5 Å². The Morgan fingerprint density at radius 1 is 1.00 bits per heavy atom. The number of hydrogen-bond acceptors (Lipinski definition) is 5. The molecule has 38 heavy (non-hydrogen) atoms. The second-order valence-electron chi connectivity index (χ2n) is 9.76. The Morgan fingerprint density at radius 2 is 1.71 bits per heavy atom. The summed E-state index contributed by atoms with van der Waals surface area (Å²) in [5.41, 5.74) is -0.415. The summed E-state index contributed by atoms with van der Waals surface area (Å²) in [6.45, 7) is 1.65. The molecule has 2 aromatic carbocycles. The van der Waals surface area contributed by atoms with E-state index in [0.29, 0.717) is 49.7 Å². The number of nitrogens with zero attached hydrogens (tertiary/aromatic N) is 2. The topological polar surface area (TPSA) is 88.2 Å². The molecule has 3 amide bonds. The molecule has 2 aromatic rings. The molecular formula is C27H28Cl2FN3O5. The molecule has 0 bridgehead atoms. The molecule has 8 nitrogen and oxygen atoms in total. The van der Waals surface area contributed by atoms with E-state index in [1.54, 1.807) is 17.0 Å². The highest BCUT2D eigenvalue weighted by molar-refractivity contribution is 6.42. The van der Waals surface area contributed by atoms with Crippen LogP contribution >= 0.6 is 23.2 Å². The Hall–Kier alpha value is -2.72. The van der Waals surface area contributed by atoms with Gasteiger partial charge in [0.2, 0.25) is 5.91 Å². The Bertz CT molecular complexity index is 1210. The molecule has 5 rings (SSSR count). The van der Waals surface area contributed by atoms with Crippen molar-refractivity contribution in [2.45, 2.75) is 43.6 Å².